The molecule has 3 heterocycles. The molecular formula is C19H18BrN5O4. The van der Waals surface area contributed by atoms with E-state index in [4.69, 9.17) is 0 Å². The van der Waals surface area contributed by atoms with Gasteiger partial charge in [-0.2, -0.15) is 0 Å². The Hall–Kier alpha value is -3.01. The van der Waals surface area contributed by atoms with Crippen molar-refractivity contribution >= 4 is 38.9 Å². The third-order valence-electron chi connectivity index (χ3n) is 5.18. The number of halogens is 1. The first-order chi connectivity index (χ1) is 13.8. The molecule has 0 saturated carbocycles. The van der Waals surface area contributed by atoms with Crippen molar-refractivity contribution in [1.29, 1.82) is 0 Å². The molecule has 4 rings (SSSR count). The lowest BCUT2D eigenvalue weighted by Gasteiger charge is -2.14. The van der Waals surface area contributed by atoms with Crippen LogP contribution in [0.2, 0.25) is 0 Å². The monoisotopic (exact) mass is 459 g/mol. The Kier molecular flexibility index (Phi) is 4.73. The fourth-order valence-electron chi connectivity index (χ4n) is 3.64. The van der Waals surface area contributed by atoms with Crippen molar-refractivity contribution in [2.75, 3.05) is 6.54 Å². The number of carbonyl (C=O) groups excluding carboxylic acids is 2. The van der Waals surface area contributed by atoms with Gasteiger partial charge in [0, 0.05) is 27.2 Å². The van der Waals surface area contributed by atoms with Gasteiger partial charge in [-0.05, 0) is 40.9 Å². The zero-order valence-electron chi connectivity index (χ0n) is 15.9. The topological polar surface area (TPSA) is 99.2 Å². The number of nitrogens with zero attached hydrogens (tertiary/aromatic N) is 5. The molecule has 10 heteroatoms. The summed E-state index contributed by atoms with van der Waals surface area (Å²) < 4.78 is 4.61. The van der Waals surface area contributed by atoms with Crippen molar-refractivity contribution in [3.05, 3.63) is 61.0 Å². The third kappa shape index (κ3) is 2.94. The molecular weight excluding hydrogens is 442 g/mol. The smallest absolute Gasteiger partial charge is 0.304 e. The van der Waals surface area contributed by atoms with Crippen molar-refractivity contribution in [3.63, 3.8) is 0 Å². The highest BCUT2D eigenvalue weighted by atomic mass is 79.9. The van der Waals surface area contributed by atoms with Crippen LogP contribution in [0.4, 0.5) is 0 Å². The van der Waals surface area contributed by atoms with Crippen LogP contribution in [-0.4, -0.2) is 41.9 Å². The van der Waals surface area contributed by atoms with E-state index in [0.29, 0.717) is 47.4 Å². The van der Waals surface area contributed by atoms with Crippen LogP contribution in [0.1, 0.15) is 33.6 Å². The molecule has 0 spiro atoms. The Morgan fingerprint density at radius 3 is 2.10 bits per heavy atom. The highest BCUT2D eigenvalue weighted by molar-refractivity contribution is 9.10. The number of imidazole rings is 1. The standard InChI is InChI=1S/C19H18BrN5O4/c1-22-14-13(17(28)23(2)19(22)29)21-18(20)24(14)9-5-6-10-25-15(26)11-7-3-4-8-12(11)16(25)27/h3-4,7-8H,5-6,9-10H2,1-2H3. The number of imide groups is 1. The summed E-state index contributed by atoms with van der Waals surface area (Å²) in [5, 5.41) is 0. The number of hydrogen-bond donors (Lipinski definition) is 0. The van der Waals surface area contributed by atoms with E-state index < -0.39 is 11.2 Å². The van der Waals surface area contributed by atoms with Gasteiger partial charge in [0.25, 0.3) is 17.4 Å². The van der Waals surface area contributed by atoms with Gasteiger partial charge in [-0.3, -0.25) is 28.4 Å². The van der Waals surface area contributed by atoms with Gasteiger partial charge in [-0.25, -0.2) is 9.78 Å². The molecule has 1 aliphatic rings. The predicted octanol–water partition coefficient (Wildman–Crippen LogP) is 1.27. The first-order valence-electron chi connectivity index (χ1n) is 9.10. The Labute approximate surface area is 173 Å². The van der Waals surface area contributed by atoms with Crippen LogP contribution >= 0.6 is 15.9 Å². The second-order valence-corrected chi connectivity index (χ2v) is 7.63. The fourth-order valence-corrected chi connectivity index (χ4v) is 4.17. The van der Waals surface area contributed by atoms with Crippen molar-refractivity contribution in [2.24, 2.45) is 14.1 Å². The summed E-state index contributed by atoms with van der Waals surface area (Å²) in [6.07, 6.45) is 1.21. The molecule has 0 unspecified atom stereocenters. The molecule has 0 radical (unpaired) electrons. The Bertz CT molecular complexity index is 1250. The number of rotatable bonds is 5. The lowest BCUT2D eigenvalue weighted by molar-refractivity contribution is 0.0651. The summed E-state index contributed by atoms with van der Waals surface area (Å²) in [6, 6.07) is 6.80. The molecule has 150 valence electrons. The number of benzene rings is 1. The minimum Gasteiger partial charge on any atom is -0.304 e. The maximum atomic E-state index is 12.4. The third-order valence-corrected chi connectivity index (χ3v) is 5.79. The van der Waals surface area contributed by atoms with E-state index in [0.717, 1.165) is 4.57 Å². The first-order valence-corrected chi connectivity index (χ1v) is 9.89. The summed E-state index contributed by atoms with van der Waals surface area (Å²) in [5.41, 5.74) is 0.640. The average molecular weight is 460 g/mol. The highest BCUT2D eigenvalue weighted by Gasteiger charge is 2.34. The molecule has 0 atom stereocenters. The zero-order chi connectivity index (χ0) is 20.9. The molecule has 3 aromatic rings. The van der Waals surface area contributed by atoms with E-state index in [2.05, 4.69) is 20.9 Å². The number of fused-ring (bicyclic) bond motifs is 2. The van der Waals surface area contributed by atoms with Crippen molar-refractivity contribution in [3.8, 4) is 0 Å². The Morgan fingerprint density at radius 2 is 1.48 bits per heavy atom. The summed E-state index contributed by atoms with van der Waals surface area (Å²) >= 11 is 3.35. The zero-order valence-corrected chi connectivity index (χ0v) is 17.5. The van der Waals surface area contributed by atoms with Gasteiger partial charge in [0.1, 0.15) is 0 Å². The van der Waals surface area contributed by atoms with Crippen LogP contribution in [0.3, 0.4) is 0 Å². The van der Waals surface area contributed by atoms with Gasteiger partial charge in [0.15, 0.2) is 15.9 Å². The number of amides is 2. The maximum absolute atomic E-state index is 12.4. The molecule has 0 bridgehead atoms. The minimum atomic E-state index is -0.450. The van der Waals surface area contributed by atoms with Crippen LogP contribution in [0.5, 0.6) is 0 Å². The van der Waals surface area contributed by atoms with Crippen molar-refractivity contribution in [2.45, 2.75) is 19.4 Å². The summed E-state index contributed by atoms with van der Waals surface area (Å²) in [7, 11) is 3.01. The average Bonchev–Trinajstić information content (AvgIpc) is 3.17. The van der Waals surface area contributed by atoms with Gasteiger partial charge >= 0.3 is 5.69 Å². The second-order valence-electron chi connectivity index (χ2n) is 6.93. The molecule has 0 fully saturated rings. The van der Waals surface area contributed by atoms with Gasteiger partial charge in [0.2, 0.25) is 0 Å². The molecule has 0 saturated heterocycles. The van der Waals surface area contributed by atoms with E-state index >= 15 is 0 Å². The van der Waals surface area contributed by atoms with E-state index in [1.54, 1.807) is 35.9 Å². The van der Waals surface area contributed by atoms with E-state index in [1.165, 1.54) is 16.5 Å². The molecule has 9 nitrogen and oxygen atoms in total. The maximum Gasteiger partial charge on any atom is 0.332 e. The van der Waals surface area contributed by atoms with Gasteiger partial charge in [-0.1, -0.05) is 12.1 Å². The number of unbranched alkanes of at least 4 members (excludes halogenated alkanes) is 1. The molecule has 0 aliphatic carbocycles. The summed E-state index contributed by atoms with van der Waals surface area (Å²) in [5.74, 6) is -0.545. The van der Waals surface area contributed by atoms with Crippen molar-refractivity contribution < 1.29 is 9.59 Å². The van der Waals surface area contributed by atoms with Crippen molar-refractivity contribution in [1.82, 2.24) is 23.6 Å². The van der Waals surface area contributed by atoms with Gasteiger partial charge < -0.3 is 4.57 Å². The van der Waals surface area contributed by atoms with Crippen LogP contribution in [0.25, 0.3) is 11.2 Å². The molecule has 2 aromatic heterocycles. The van der Waals surface area contributed by atoms with Crippen LogP contribution in [0, 0.1) is 0 Å². The normalized spacial score (nSPS) is 13.6. The SMILES string of the molecule is Cn1c(=O)c2nc(Br)n(CCCCN3C(=O)c4ccccc4C3=O)c2n(C)c1=O. The highest BCUT2D eigenvalue weighted by Crippen LogP contribution is 2.23. The van der Waals surface area contributed by atoms with Crippen LogP contribution in [0.15, 0.2) is 38.6 Å². The Morgan fingerprint density at radius 1 is 0.897 bits per heavy atom. The Balaban J connectivity index is 1.50. The predicted molar refractivity (Wildman–Crippen MR) is 109 cm³/mol. The minimum absolute atomic E-state index is 0.210. The lowest BCUT2D eigenvalue weighted by atomic mass is 10.1. The number of carbonyl (C=O) groups is 2. The molecule has 0 N–H and O–H groups in total. The van der Waals surface area contributed by atoms with E-state index in [-0.39, 0.29) is 17.3 Å². The number of aryl methyl sites for hydroxylation is 2. The van der Waals surface area contributed by atoms with Gasteiger partial charge in [0.05, 0.1) is 11.1 Å². The summed E-state index contributed by atoms with van der Waals surface area (Å²) in [4.78, 5) is 54.9. The lowest BCUT2D eigenvalue weighted by Crippen LogP contribution is -2.37. The van der Waals surface area contributed by atoms with E-state index in [1.807, 2.05) is 0 Å². The van der Waals surface area contributed by atoms with Crippen LogP contribution in [-0.2, 0) is 20.6 Å². The van der Waals surface area contributed by atoms with Crippen LogP contribution < -0.4 is 11.2 Å². The van der Waals surface area contributed by atoms with Gasteiger partial charge in [-0.15, -0.1) is 0 Å². The molecule has 1 aliphatic heterocycles. The fraction of sp³-hybridized carbons (Fsp3) is 0.316. The number of aromatic nitrogens is 4. The largest absolute Gasteiger partial charge is 0.332 e. The quantitative estimate of drug-likeness (QED) is 0.325. The number of hydrogen-bond acceptors (Lipinski definition) is 5. The second kappa shape index (κ2) is 7.11. The molecule has 29 heavy (non-hydrogen) atoms. The summed E-state index contributed by atoms with van der Waals surface area (Å²) in [6.45, 7) is 0.776. The van der Waals surface area contributed by atoms with E-state index in [9.17, 15) is 19.2 Å². The first kappa shape index (κ1) is 19.3. The molecule has 2 amide bonds. The molecule has 1 aromatic carbocycles.